The van der Waals surface area contributed by atoms with E-state index in [0.717, 1.165) is 6.26 Å². The molecule has 0 aliphatic heterocycles. The predicted octanol–water partition coefficient (Wildman–Crippen LogP) is 0.665. The van der Waals surface area contributed by atoms with E-state index in [-0.39, 0.29) is 30.0 Å². The van der Waals surface area contributed by atoms with Crippen LogP contribution in [0.5, 0.6) is 0 Å². The molecule has 21 heavy (non-hydrogen) atoms. The van der Waals surface area contributed by atoms with Crippen molar-refractivity contribution < 1.29 is 26.7 Å². The Labute approximate surface area is 123 Å². The van der Waals surface area contributed by atoms with E-state index in [1.807, 2.05) is 0 Å². The molecule has 0 radical (unpaired) electrons. The summed E-state index contributed by atoms with van der Waals surface area (Å²) in [5.74, 6) is -1.45. The Morgan fingerprint density at radius 2 is 1.62 bits per heavy atom. The summed E-state index contributed by atoms with van der Waals surface area (Å²) in [6.45, 7) is 0. The van der Waals surface area contributed by atoms with Crippen LogP contribution in [0.3, 0.4) is 0 Å². The molecule has 0 aliphatic rings. The lowest BCUT2D eigenvalue weighted by Gasteiger charge is -2.12. The molecule has 0 unspecified atom stereocenters. The van der Waals surface area contributed by atoms with E-state index in [0.29, 0.717) is 0 Å². The maximum absolute atomic E-state index is 11.8. The molecule has 0 saturated heterocycles. The van der Waals surface area contributed by atoms with Gasteiger partial charge in [-0.25, -0.2) is 16.8 Å². The normalized spacial score (nSPS) is 11.9. The van der Waals surface area contributed by atoms with Gasteiger partial charge in [-0.1, -0.05) is 12.1 Å². The van der Waals surface area contributed by atoms with Crippen molar-refractivity contribution in [1.82, 2.24) is 0 Å². The second kappa shape index (κ2) is 6.76. The van der Waals surface area contributed by atoms with Gasteiger partial charge in [-0.3, -0.25) is 14.2 Å². The number of sulfonamides is 2. The van der Waals surface area contributed by atoms with E-state index in [1.54, 1.807) is 12.1 Å². The Kier molecular flexibility index (Phi) is 5.55. The molecule has 10 heteroatoms. The second-order valence-corrected chi connectivity index (χ2v) is 7.93. The molecular formula is C11H16N2O6S2. The van der Waals surface area contributed by atoms with E-state index in [9.17, 15) is 21.6 Å². The van der Waals surface area contributed by atoms with Crippen molar-refractivity contribution in [1.29, 1.82) is 0 Å². The molecule has 0 atom stereocenters. The zero-order valence-electron chi connectivity index (χ0n) is 11.2. The monoisotopic (exact) mass is 336 g/mol. The fourth-order valence-electron chi connectivity index (χ4n) is 1.49. The minimum absolute atomic E-state index is 0.0354. The quantitative estimate of drug-likeness (QED) is 0.639. The molecular weight excluding hydrogens is 320 g/mol. The number of rotatable bonds is 8. The van der Waals surface area contributed by atoms with Crippen LogP contribution in [0.2, 0.25) is 0 Å². The van der Waals surface area contributed by atoms with Gasteiger partial charge in [0.15, 0.2) is 0 Å². The third kappa shape index (κ3) is 6.95. The van der Waals surface area contributed by atoms with Gasteiger partial charge in [-0.15, -0.1) is 0 Å². The highest BCUT2D eigenvalue weighted by Gasteiger charge is 2.15. The summed E-state index contributed by atoms with van der Waals surface area (Å²) >= 11 is 0. The lowest BCUT2D eigenvalue weighted by molar-refractivity contribution is -0.137. The summed E-state index contributed by atoms with van der Waals surface area (Å²) in [5.41, 5.74) is 0.181. The van der Waals surface area contributed by atoms with Gasteiger partial charge in [0.05, 0.1) is 23.4 Å². The van der Waals surface area contributed by atoms with Crippen molar-refractivity contribution in [3.63, 3.8) is 0 Å². The zero-order chi connectivity index (χ0) is 16.1. The summed E-state index contributed by atoms with van der Waals surface area (Å²) in [6, 6.07) is 5.91. The first-order valence-electron chi connectivity index (χ1n) is 5.88. The number of nitrogens with one attached hydrogen (secondary N) is 2. The fraction of sp³-hybridized carbons (Fsp3) is 0.364. The molecule has 0 spiro atoms. The number of carboxylic acids is 1. The lowest BCUT2D eigenvalue weighted by atomic mass is 10.3. The van der Waals surface area contributed by atoms with E-state index in [1.165, 1.54) is 12.1 Å². The van der Waals surface area contributed by atoms with E-state index >= 15 is 0 Å². The Morgan fingerprint density at radius 3 is 2.10 bits per heavy atom. The zero-order valence-corrected chi connectivity index (χ0v) is 12.9. The van der Waals surface area contributed by atoms with Crippen LogP contribution in [-0.4, -0.2) is 39.9 Å². The Hall–Kier alpha value is -1.81. The summed E-state index contributed by atoms with van der Waals surface area (Å²) in [5, 5.41) is 8.48. The standard InChI is InChI=1S/C11H16N2O6S2/c1-20(16,17)12-9-5-2-3-6-10(9)13-21(18,19)8-4-7-11(14)15/h2-3,5-6,12-13H,4,7-8H2,1H3,(H,14,15). The molecule has 118 valence electrons. The van der Waals surface area contributed by atoms with Crippen LogP contribution in [0.4, 0.5) is 11.4 Å². The van der Waals surface area contributed by atoms with Crippen molar-refractivity contribution >= 4 is 37.4 Å². The largest absolute Gasteiger partial charge is 0.481 e. The van der Waals surface area contributed by atoms with Crippen LogP contribution in [0.1, 0.15) is 12.8 Å². The molecule has 0 aliphatic carbocycles. The maximum atomic E-state index is 11.8. The first-order valence-corrected chi connectivity index (χ1v) is 9.42. The molecule has 3 N–H and O–H groups in total. The number of benzene rings is 1. The molecule has 1 aromatic rings. The van der Waals surface area contributed by atoms with E-state index < -0.39 is 26.0 Å². The van der Waals surface area contributed by atoms with Crippen LogP contribution in [0.15, 0.2) is 24.3 Å². The predicted molar refractivity (Wildman–Crippen MR) is 79.2 cm³/mol. The molecule has 0 aromatic heterocycles. The molecule has 1 rings (SSSR count). The molecule has 1 aromatic carbocycles. The highest BCUT2D eigenvalue weighted by Crippen LogP contribution is 2.23. The second-order valence-electron chi connectivity index (χ2n) is 4.34. The Balaban J connectivity index is 2.85. The SMILES string of the molecule is CS(=O)(=O)Nc1ccccc1NS(=O)(=O)CCCC(=O)O. The average Bonchev–Trinajstić information content (AvgIpc) is 2.28. The van der Waals surface area contributed by atoms with Gasteiger partial charge in [0.2, 0.25) is 20.0 Å². The number of anilines is 2. The van der Waals surface area contributed by atoms with Gasteiger partial charge in [0, 0.05) is 6.42 Å². The van der Waals surface area contributed by atoms with Gasteiger partial charge in [0.25, 0.3) is 0 Å². The topological polar surface area (TPSA) is 130 Å². The molecule has 0 bridgehead atoms. The summed E-state index contributed by atoms with van der Waals surface area (Å²) < 4.78 is 50.5. The van der Waals surface area contributed by atoms with Gasteiger partial charge in [0.1, 0.15) is 0 Å². The number of carbonyl (C=O) groups is 1. The number of aliphatic carboxylic acids is 1. The van der Waals surface area contributed by atoms with E-state index in [2.05, 4.69) is 9.44 Å². The van der Waals surface area contributed by atoms with Crippen LogP contribution >= 0.6 is 0 Å². The van der Waals surface area contributed by atoms with Crippen LogP contribution < -0.4 is 9.44 Å². The first kappa shape index (κ1) is 17.2. The minimum Gasteiger partial charge on any atom is -0.481 e. The lowest BCUT2D eigenvalue weighted by Crippen LogP contribution is -2.19. The first-order chi connectivity index (χ1) is 9.59. The third-order valence-electron chi connectivity index (χ3n) is 2.29. The highest BCUT2D eigenvalue weighted by atomic mass is 32.2. The summed E-state index contributed by atoms with van der Waals surface area (Å²) in [6.07, 6.45) is 0.654. The summed E-state index contributed by atoms with van der Waals surface area (Å²) in [7, 11) is -7.30. The minimum atomic E-state index is -3.76. The van der Waals surface area contributed by atoms with Crippen molar-refractivity contribution in [2.75, 3.05) is 21.5 Å². The third-order valence-corrected chi connectivity index (χ3v) is 4.24. The molecule has 0 heterocycles. The van der Waals surface area contributed by atoms with Crippen LogP contribution in [-0.2, 0) is 24.8 Å². The van der Waals surface area contributed by atoms with E-state index in [4.69, 9.17) is 5.11 Å². The number of hydrogen-bond donors (Lipinski definition) is 3. The van der Waals surface area contributed by atoms with Crippen LogP contribution in [0, 0.1) is 0 Å². The smallest absolute Gasteiger partial charge is 0.303 e. The van der Waals surface area contributed by atoms with Gasteiger partial charge in [-0.05, 0) is 18.6 Å². The fourth-order valence-corrected chi connectivity index (χ4v) is 3.21. The molecule has 0 saturated carbocycles. The highest BCUT2D eigenvalue weighted by molar-refractivity contribution is 7.93. The van der Waals surface area contributed by atoms with Crippen molar-refractivity contribution in [3.05, 3.63) is 24.3 Å². The number of para-hydroxylation sites is 2. The van der Waals surface area contributed by atoms with Gasteiger partial charge >= 0.3 is 5.97 Å². The average molecular weight is 336 g/mol. The number of hydrogen-bond acceptors (Lipinski definition) is 5. The van der Waals surface area contributed by atoms with Crippen molar-refractivity contribution in [2.45, 2.75) is 12.8 Å². The van der Waals surface area contributed by atoms with Gasteiger partial charge in [-0.2, -0.15) is 0 Å². The van der Waals surface area contributed by atoms with Crippen molar-refractivity contribution in [3.8, 4) is 0 Å². The van der Waals surface area contributed by atoms with Crippen molar-refractivity contribution in [2.24, 2.45) is 0 Å². The maximum Gasteiger partial charge on any atom is 0.303 e. The summed E-state index contributed by atoms with van der Waals surface area (Å²) in [4.78, 5) is 10.4. The Morgan fingerprint density at radius 1 is 1.10 bits per heavy atom. The molecule has 8 nitrogen and oxygen atoms in total. The van der Waals surface area contributed by atoms with Gasteiger partial charge < -0.3 is 5.11 Å². The number of carboxylic acid groups (broad SMARTS) is 1. The van der Waals surface area contributed by atoms with Crippen LogP contribution in [0.25, 0.3) is 0 Å². The Bertz CT molecular complexity index is 712. The molecule has 0 fully saturated rings. The molecule has 0 amide bonds.